The summed E-state index contributed by atoms with van der Waals surface area (Å²) in [5, 5.41) is 11.8. The van der Waals surface area contributed by atoms with Gasteiger partial charge in [-0.15, -0.1) is 0 Å². The van der Waals surface area contributed by atoms with Gasteiger partial charge < -0.3 is 10.7 Å². The number of hydrogen-bond acceptors (Lipinski definition) is 5. The van der Waals surface area contributed by atoms with Crippen LogP contribution in [-0.4, -0.2) is 10.9 Å². The summed E-state index contributed by atoms with van der Waals surface area (Å²) in [6.07, 6.45) is 1.41. The van der Waals surface area contributed by atoms with Crippen LogP contribution in [0.5, 0.6) is 0 Å². The van der Waals surface area contributed by atoms with Crippen molar-refractivity contribution < 1.29 is 4.79 Å². The van der Waals surface area contributed by atoms with Gasteiger partial charge in [-0.2, -0.15) is 5.26 Å². The number of nitriles is 1. The normalized spacial score (nSPS) is 9.65. The van der Waals surface area contributed by atoms with Crippen LogP contribution in [0.25, 0.3) is 0 Å². The highest BCUT2D eigenvalue weighted by atomic mass is 16.1. The Bertz CT molecular complexity index is 673. The highest BCUT2D eigenvalue weighted by Gasteiger charge is 2.10. The van der Waals surface area contributed by atoms with Crippen molar-refractivity contribution in [1.82, 2.24) is 4.98 Å². The predicted molar refractivity (Wildman–Crippen MR) is 75.9 cm³/mol. The van der Waals surface area contributed by atoms with Gasteiger partial charge >= 0.3 is 0 Å². The molecule has 0 saturated carbocycles. The van der Waals surface area contributed by atoms with Crippen molar-refractivity contribution in [3.05, 3.63) is 53.2 Å². The van der Waals surface area contributed by atoms with E-state index >= 15 is 0 Å². The molecule has 0 spiro atoms. The number of anilines is 2. The van der Waals surface area contributed by atoms with Gasteiger partial charge in [0.05, 0.1) is 16.8 Å². The van der Waals surface area contributed by atoms with Crippen LogP contribution in [0.15, 0.2) is 36.5 Å². The van der Waals surface area contributed by atoms with Crippen LogP contribution in [-0.2, 0) is 0 Å². The summed E-state index contributed by atoms with van der Waals surface area (Å²) in [6, 6.07) is 10.6. The maximum atomic E-state index is 12.1. The topological polar surface area (TPSA) is 104 Å². The Morgan fingerprint density at radius 3 is 2.75 bits per heavy atom. The molecular formula is C14H13N5O. The van der Waals surface area contributed by atoms with Crippen LogP contribution in [0.3, 0.4) is 0 Å². The van der Waals surface area contributed by atoms with E-state index in [2.05, 4.69) is 21.8 Å². The maximum absolute atomic E-state index is 12.1. The average molecular weight is 267 g/mol. The zero-order valence-electron chi connectivity index (χ0n) is 10.8. The Labute approximate surface area is 116 Å². The fourth-order valence-corrected chi connectivity index (χ4v) is 1.73. The molecule has 6 heteroatoms. The van der Waals surface area contributed by atoms with Gasteiger partial charge in [-0.25, -0.2) is 10.8 Å². The molecule has 2 rings (SSSR count). The van der Waals surface area contributed by atoms with Crippen LogP contribution < -0.4 is 16.6 Å². The van der Waals surface area contributed by atoms with Crippen LogP contribution >= 0.6 is 0 Å². The van der Waals surface area contributed by atoms with E-state index in [4.69, 9.17) is 11.1 Å². The van der Waals surface area contributed by atoms with Crippen LogP contribution in [0.1, 0.15) is 21.5 Å². The summed E-state index contributed by atoms with van der Waals surface area (Å²) < 4.78 is 0. The lowest BCUT2D eigenvalue weighted by molar-refractivity contribution is 0.102. The van der Waals surface area contributed by atoms with E-state index in [0.29, 0.717) is 22.6 Å². The average Bonchev–Trinajstić information content (AvgIpc) is 2.47. The van der Waals surface area contributed by atoms with Gasteiger partial charge in [0.2, 0.25) is 0 Å². The Hall–Kier alpha value is -2.91. The summed E-state index contributed by atoms with van der Waals surface area (Å²) >= 11 is 0. The minimum atomic E-state index is -0.330. The van der Waals surface area contributed by atoms with Crippen molar-refractivity contribution in [3.63, 3.8) is 0 Å². The van der Waals surface area contributed by atoms with Crippen LogP contribution in [0, 0.1) is 18.3 Å². The van der Waals surface area contributed by atoms with Crippen molar-refractivity contribution in [2.24, 2.45) is 5.84 Å². The number of nitrogens with zero attached hydrogens (tertiary/aromatic N) is 2. The molecule has 0 fully saturated rings. The van der Waals surface area contributed by atoms with E-state index in [1.807, 2.05) is 13.0 Å². The number of benzene rings is 1. The fraction of sp³-hybridized carbons (Fsp3) is 0.0714. The molecule has 0 aliphatic carbocycles. The van der Waals surface area contributed by atoms with E-state index in [1.165, 1.54) is 6.20 Å². The van der Waals surface area contributed by atoms with Crippen molar-refractivity contribution in [2.45, 2.75) is 6.92 Å². The third-order valence-electron chi connectivity index (χ3n) is 2.81. The first-order valence-corrected chi connectivity index (χ1v) is 5.89. The first-order valence-electron chi connectivity index (χ1n) is 5.89. The number of amides is 1. The summed E-state index contributed by atoms with van der Waals surface area (Å²) in [5.74, 6) is 5.34. The first kappa shape index (κ1) is 13.5. The standard InChI is InChI=1S/C14H13N5O/c1-9-3-2-4-12(11(9)7-15)18-14(20)10-5-6-13(19-16)17-8-10/h2-6,8H,16H2,1H3,(H,17,19)(H,18,20). The Kier molecular flexibility index (Phi) is 3.93. The van der Waals surface area contributed by atoms with Crippen molar-refractivity contribution in [1.29, 1.82) is 5.26 Å². The lowest BCUT2D eigenvalue weighted by Crippen LogP contribution is -2.14. The van der Waals surface area contributed by atoms with Gasteiger partial charge in [0.1, 0.15) is 11.9 Å². The third-order valence-corrected chi connectivity index (χ3v) is 2.81. The number of aromatic nitrogens is 1. The maximum Gasteiger partial charge on any atom is 0.257 e. The van der Waals surface area contributed by atoms with E-state index < -0.39 is 0 Å². The predicted octanol–water partition coefficient (Wildman–Crippen LogP) is 1.80. The SMILES string of the molecule is Cc1cccc(NC(=O)c2ccc(NN)nc2)c1C#N. The van der Waals surface area contributed by atoms with Crippen molar-refractivity contribution in [2.75, 3.05) is 10.7 Å². The van der Waals surface area contributed by atoms with Gasteiger partial charge in [0.15, 0.2) is 0 Å². The Morgan fingerprint density at radius 1 is 1.35 bits per heavy atom. The monoisotopic (exact) mass is 267 g/mol. The Balaban J connectivity index is 2.23. The number of nitrogen functional groups attached to an aromatic ring is 1. The molecule has 0 radical (unpaired) electrons. The molecule has 4 N–H and O–H groups in total. The van der Waals surface area contributed by atoms with Gasteiger partial charge in [0, 0.05) is 6.20 Å². The molecule has 0 atom stereocenters. The molecule has 0 bridgehead atoms. The molecule has 1 aromatic carbocycles. The number of hydrogen-bond donors (Lipinski definition) is 3. The smallest absolute Gasteiger partial charge is 0.257 e. The van der Waals surface area contributed by atoms with E-state index in [1.54, 1.807) is 24.3 Å². The minimum absolute atomic E-state index is 0.330. The second-order valence-corrected chi connectivity index (χ2v) is 4.14. The number of pyridine rings is 1. The largest absolute Gasteiger partial charge is 0.321 e. The molecule has 1 amide bonds. The quantitative estimate of drug-likeness (QED) is 0.581. The van der Waals surface area contributed by atoms with E-state index in [-0.39, 0.29) is 5.91 Å². The van der Waals surface area contributed by atoms with Crippen molar-refractivity contribution in [3.8, 4) is 6.07 Å². The molecule has 6 nitrogen and oxygen atoms in total. The van der Waals surface area contributed by atoms with Gasteiger partial charge in [-0.3, -0.25) is 4.79 Å². The number of carbonyl (C=O) groups is 1. The van der Waals surface area contributed by atoms with Crippen LogP contribution in [0.2, 0.25) is 0 Å². The van der Waals surface area contributed by atoms with Crippen molar-refractivity contribution >= 4 is 17.4 Å². The number of nitrogens with two attached hydrogens (primary N) is 1. The first-order chi connectivity index (χ1) is 9.65. The number of aryl methyl sites for hydroxylation is 1. The fourth-order valence-electron chi connectivity index (χ4n) is 1.73. The highest BCUT2D eigenvalue weighted by molar-refractivity contribution is 6.04. The molecule has 1 heterocycles. The lowest BCUT2D eigenvalue weighted by atomic mass is 10.1. The van der Waals surface area contributed by atoms with E-state index in [9.17, 15) is 4.79 Å². The summed E-state index contributed by atoms with van der Waals surface area (Å²) in [5.41, 5.74) is 4.52. The van der Waals surface area contributed by atoms with Gasteiger partial charge in [-0.05, 0) is 30.7 Å². The molecule has 0 aliphatic rings. The molecule has 2 aromatic rings. The number of hydrazine groups is 1. The van der Waals surface area contributed by atoms with Gasteiger partial charge in [0.25, 0.3) is 5.91 Å². The van der Waals surface area contributed by atoms with E-state index in [0.717, 1.165) is 5.56 Å². The minimum Gasteiger partial charge on any atom is -0.321 e. The number of rotatable bonds is 3. The number of carbonyl (C=O) groups excluding carboxylic acids is 1. The summed E-state index contributed by atoms with van der Waals surface area (Å²) in [6.45, 7) is 1.82. The molecule has 1 aromatic heterocycles. The summed E-state index contributed by atoms with van der Waals surface area (Å²) in [4.78, 5) is 16.0. The molecular weight excluding hydrogens is 254 g/mol. The molecule has 0 aliphatic heterocycles. The molecule has 100 valence electrons. The van der Waals surface area contributed by atoms with Gasteiger partial charge in [-0.1, -0.05) is 12.1 Å². The molecule has 20 heavy (non-hydrogen) atoms. The zero-order chi connectivity index (χ0) is 14.5. The second kappa shape index (κ2) is 5.82. The highest BCUT2D eigenvalue weighted by Crippen LogP contribution is 2.19. The summed E-state index contributed by atoms with van der Waals surface area (Å²) in [7, 11) is 0. The number of nitrogens with one attached hydrogen (secondary N) is 2. The zero-order valence-corrected chi connectivity index (χ0v) is 10.8. The lowest BCUT2D eigenvalue weighted by Gasteiger charge is -2.08. The Morgan fingerprint density at radius 2 is 2.15 bits per heavy atom. The molecule has 0 unspecified atom stereocenters. The van der Waals surface area contributed by atoms with Crippen LogP contribution in [0.4, 0.5) is 11.5 Å². The third kappa shape index (κ3) is 2.74. The molecule has 0 saturated heterocycles. The second-order valence-electron chi connectivity index (χ2n) is 4.14.